The summed E-state index contributed by atoms with van der Waals surface area (Å²) in [5.41, 5.74) is 2.13. The Morgan fingerprint density at radius 1 is 1.13 bits per heavy atom. The number of carbonyl (C=O) groups is 1. The molecule has 0 saturated carbocycles. The molecule has 1 heterocycles. The summed E-state index contributed by atoms with van der Waals surface area (Å²) in [4.78, 5) is 27.9. The minimum absolute atomic E-state index is 0.0614. The Balaban J connectivity index is 1.98. The van der Waals surface area contributed by atoms with Crippen LogP contribution in [0.5, 0.6) is 5.75 Å². The van der Waals surface area contributed by atoms with E-state index in [1.54, 1.807) is 30.3 Å². The van der Waals surface area contributed by atoms with Crippen LogP contribution in [0.1, 0.15) is 15.9 Å². The second kappa shape index (κ2) is 5.96. The van der Waals surface area contributed by atoms with Crippen molar-refractivity contribution in [1.82, 2.24) is 4.98 Å². The summed E-state index contributed by atoms with van der Waals surface area (Å²) in [6.07, 6.45) is 1.43. The highest BCUT2D eigenvalue weighted by Gasteiger charge is 2.13. The van der Waals surface area contributed by atoms with Gasteiger partial charge in [-0.05, 0) is 37.3 Å². The molecule has 1 aromatic heterocycles. The lowest BCUT2D eigenvalue weighted by atomic mass is 10.1. The number of aryl methyl sites for hydroxylation is 1. The van der Waals surface area contributed by atoms with Crippen molar-refractivity contribution in [2.75, 3.05) is 12.4 Å². The molecular formula is C18H16N2O3. The zero-order valence-corrected chi connectivity index (χ0v) is 12.8. The Hall–Kier alpha value is -3.08. The molecule has 0 radical (unpaired) electrons. The quantitative estimate of drug-likeness (QED) is 0.781. The average molecular weight is 308 g/mol. The van der Waals surface area contributed by atoms with Crippen molar-refractivity contribution in [3.63, 3.8) is 0 Å². The molecule has 3 rings (SSSR count). The van der Waals surface area contributed by atoms with Crippen LogP contribution in [0.4, 0.5) is 5.69 Å². The van der Waals surface area contributed by atoms with E-state index in [0.29, 0.717) is 22.3 Å². The average Bonchev–Trinajstić information content (AvgIpc) is 2.57. The summed E-state index contributed by atoms with van der Waals surface area (Å²) >= 11 is 0. The molecule has 2 N–H and O–H groups in total. The molecule has 0 fully saturated rings. The lowest BCUT2D eigenvalue weighted by Gasteiger charge is -2.07. The number of hydrogen-bond acceptors (Lipinski definition) is 3. The van der Waals surface area contributed by atoms with E-state index in [4.69, 9.17) is 4.74 Å². The first kappa shape index (κ1) is 14.8. The highest BCUT2D eigenvalue weighted by atomic mass is 16.5. The molecule has 5 heteroatoms. The van der Waals surface area contributed by atoms with Crippen LogP contribution < -0.4 is 15.5 Å². The van der Waals surface area contributed by atoms with Gasteiger partial charge in [-0.15, -0.1) is 0 Å². The molecule has 0 aliphatic rings. The molecule has 2 aromatic carbocycles. The van der Waals surface area contributed by atoms with Crippen LogP contribution in [-0.4, -0.2) is 18.0 Å². The van der Waals surface area contributed by atoms with Crippen LogP contribution >= 0.6 is 0 Å². The van der Waals surface area contributed by atoms with E-state index in [-0.39, 0.29) is 11.0 Å². The lowest BCUT2D eigenvalue weighted by molar-refractivity contribution is 0.102. The fourth-order valence-corrected chi connectivity index (χ4v) is 2.33. The monoisotopic (exact) mass is 308 g/mol. The van der Waals surface area contributed by atoms with Crippen LogP contribution in [0, 0.1) is 6.92 Å². The Morgan fingerprint density at radius 2 is 1.87 bits per heavy atom. The number of aromatic amines is 1. The van der Waals surface area contributed by atoms with E-state index in [1.807, 2.05) is 19.1 Å². The Kier molecular flexibility index (Phi) is 3.85. The number of methoxy groups -OCH3 is 1. The summed E-state index contributed by atoms with van der Waals surface area (Å²) in [5.74, 6) is 0.124. The number of nitrogens with one attached hydrogen (secondary N) is 2. The van der Waals surface area contributed by atoms with Crippen molar-refractivity contribution >= 4 is 22.5 Å². The molecule has 3 aromatic rings. The van der Waals surface area contributed by atoms with Gasteiger partial charge in [0.1, 0.15) is 11.3 Å². The highest BCUT2D eigenvalue weighted by molar-refractivity contribution is 6.05. The van der Waals surface area contributed by atoms with Gasteiger partial charge in [0, 0.05) is 22.8 Å². The van der Waals surface area contributed by atoms with E-state index in [9.17, 15) is 9.59 Å². The Bertz CT molecular complexity index is 927. The van der Waals surface area contributed by atoms with E-state index in [1.165, 1.54) is 13.3 Å². The molecular weight excluding hydrogens is 292 g/mol. The number of benzene rings is 2. The number of anilines is 1. The maximum absolute atomic E-state index is 12.5. The first-order valence-corrected chi connectivity index (χ1v) is 7.16. The van der Waals surface area contributed by atoms with Crippen molar-refractivity contribution < 1.29 is 9.53 Å². The molecule has 0 atom stereocenters. The van der Waals surface area contributed by atoms with Crippen molar-refractivity contribution in [3.8, 4) is 5.75 Å². The van der Waals surface area contributed by atoms with Crippen LogP contribution in [-0.2, 0) is 0 Å². The van der Waals surface area contributed by atoms with Crippen LogP contribution in [0.15, 0.2) is 53.5 Å². The summed E-state index contributed by atoms with van der Waals surface area (Å²) in [6, 6.07) is 12.5. The van der Waals surface area contributed by atoms with E-state index >= 15 is 0 Å². The number of carbonyl (C=O) groups excluding carboxylic acids is 1. The van der Waals surface area contributed by atoms with Crippen LogP contribution in [0.25, 0.3) is 10.9 Å². The fraction of sp³-hybridized carbons (Fsp3) is 0.111. The molecule has 0 bridgehead atoms. The Morgan fingerprint density at radius 3 is 2.57 bits per heavy atom. The topological polar surface area (TPSA) is 71.2 Å². The van der Waals surface area contributed by atoms with Gasteiger partial charge in [0.25, 0.3) is 5.91 Å². The molecule has 5 nitrogen and oxygen atoms in total. The number of rotatable bonds is 3. The fourth-order valence-electron chi connectivity index (χ4n) is 2.33. The molecule has 1 amide bonds. The number of amides is 1. The molecule has 116 valence electrons. The molecule has 0 spiro atoms. The van der Waals surface area contributed by atoms with Gasteiger partial charge in [-0.1, -0.05) is 17.7 Å². The van der Waals surface area contributed by atoms with E-state index in [0.717, 1.165) is 5.56 Å². The largest absolute Gasteiger partial charge is 0.497 e. The highest BCUT2D eigenvalue weighted by Crippen LogP contribution is 2.17. The smallest absolute Gasteiger partial charge is 0.261 e. The van der Waals surface area contributed by atoms with Gasteiger partial charge in [0.05, 0.1) is 7.11 Å². The maximum Gasteiger partial charge on any atom is 0.261 e. The minimum Gasteiger partial charge on any atom is -0.497 e. The zero-order valence-electron chi connectivity index (χ0n) is 12.8. The predicted octanol–water partition coefficient (Wildman–Crippen LogP) is 3.10. The van der Waals surface area contributed by atoms with Gasteiger partial charge in [0.15, 0.2) is 0 Å². The maximum atomic E-state index is 12.5. The minimum atomic E-state index is -0.445. The first-order chi connectivity index (χ1) is 11.1. The van der Waals surface area contributed by atoms with Crippen molar-refractivity contribution in [2.24, 2.45) is 0 Å². The normalized spacial score (nSPS) is 10.5. The number of fused-ring (bicyclic) bond motifs is 1. The second-order valence-electron chi connectivity index (χ2n) is 5.26. The van der Waals surface area contributed by atoms with Gasteiger partial charge in [-0.3, -0.25) is 9.59 Å². The molecule has 0 unspecified atom stereocenters. The summed E-state index contributed by atoms with van der Waals surface area (Å²) in [6.45, 7) is 1.97. The summed E-state index contributed by atoms with van der Waals surface area (Å²) < 4.78 is 5.13. The standard InChI is InChI=1S/C18H16N2O3/c1-11-3-5-12(6-4-11)20-18(22)15-10-19-16-8-7-13(23-2)9-14(16)17(15)21/h3-10H,1-2H3,(H,19,21)(H,20,22). The van der Waals surface area contributed by atoms with Gasteiger partial charge >= 0.3 is 0 Å². The number of H-pyrrole nitrogens is 1. The summed E-state index contributed by atoms with van der Waals surface area (Å²) in [5, 5.41) is 3.15. The number of pyridine rings is 1. The number of hydrogen-bond donors (Lipinski definition) is 2. The van der Waals surface area contributed by atoms with Crippen LogP contribution in [0.2, 0.25) is 0 Å². The molecule has 0 aliphatic heterocycles. The van der Waals surface area contributed by atoms with E-state index in [2.05, 4.69) is 10.3 Å². The summed E-state index contributed by atoms with van der Waals surface area (Å²) in [7, 11) is 1.53. The lowest BCUT2D eigenvalue weighted by Crippen LogP contribution is -2.21. The van der Waals surface area contributed by atoms with E-state index < -0.39 is 5.91 Å². The first-order valence-electron chi connectivity index (χ1n) is 7.16. The zero-order chi connectivity index (χ0) is 16.4. The second-order valence-corrected chi connectivity index (χ2v) is 5.26. The molecule has 0 aliphatic carbocycles. The van der Waals surface area contributed by atoms with Gasteiger partial charge in [-0.25, -0.2) is 0 Å². The van der Waals surface area contributed by atoms with Crippen molar-refractivity contribution in [3.05, 3.63) is 70.0 Å². The number of aromatic nitrogens is 1. The van der Waals surface area contributed by atoms with Gasteiger partial charge in [-0.2, -0.15) is 0 Å². The third-order valence-corrected chi connectivity index (χ3v) is 3.64. The SMILES string of the molecule is COc1ccc2[nH]cc(C(=O)Nc3ccc(C)cc3)c(=O)c2c1. The third-order valence-electron chi connectivity index (χ3n) is 3.64. The molecule has 0 saturated heterocycles. The van der Waals surface area contributed by atoms with Crippen molar-refractivity contribution in [1.29, 1.82) is 0 Å². The Labute approximate surface area is 132 Å². The van der Waals surface area contributed by atoms with Crippen LogP contribution in [0.3, 0.4) is 0 Å². The van der Waals surface area contributed by atoms with Gasteiger partial charge < -0.3 is 15.0 Å². The third kappa shape index (κ3) is 2.94. The van der Waals surface area contributed by atoms with Gasteiger partial charge in [0.2, 0.25) is 5.43 Å². The molecule has 23 heavy (non-hydrogen) atoms. The predicted molar refractivity (Wildman–Crippen MR) is 90.3 cm³/mol. The van der Waals surface area contributed by atoms with Crippen molar-refractivity contribution in [2.45, 2.75) is 6.92 Å². The number of ether oxygens (including phenoxy) is 1.